The fourth-order valence-corrected chi connectivity index (χ4v) is 1.34. The predicted octanol–water partition coefficient (Wildman–Crippen LogP) is -2.60. The highest BCUT2D eigenvalue weighted by molar-refractivity contribution is 7.84. The molecule has 0 aromatic heterocycles. The van der Waals surface area contributed by atoms with Crippen LogP contribution in [-0.2, 0) is 24.7 Å². The molecule has 0 aliphatic heterocycles. The number of amides is 3. The largest absolute Gasteiger partial charge is 0.359 e. The first-order chi connectivity index (χ1) is 7.72. The van der Waals surface area contributed by atoms with Crippen LogP contribution in [0.4, 0.5) is 0 Å². The number of rotatable bonds is 5. The van der Waals surface area contributed by atoms with E-state index in [2.05, 4.69) is 5.32 Å². The van der Waals surface area contributed by atoms with Crippen LogP contribution in [0.1, 0.15) is 6.92 Å². The van der Waals surface area contributed by atoms with Crippen LogP contribution < -0.4 is 15.4 Å². The lowest BCUT2D eigenvalue weighted by Crippen LogP contribution is -2.49. The average molecular weight is 267 g/mol. The van der Waals surface area contributed by atoms with E-state index >= 15 is 0 Å². The molecule has 0 aliphatic carbocycles. The minimum Gasteiger partial charge on any atom is -0.358 e. The van der Waals surface area contributed by atoms with Crippen molar-refractivity contribution < 1.29 is 27.4 Å². The van der Waals surface area contributed by atoms with Crippen LogP contribution in [0.25, 0.3) is 0 Å². The zero-order valence-electron chi connectivity index (χ0n) is 9.18. The Bertz CT molecular complexity index is 417. The van der Waals surface area contributed by atoms with Crippen molar-refractivity contribution in [2.24, 2.45) is 5.92 Å². The van der Waals surface area contributed by atoms with Crippen molar-refractivity contribution in [2.75, 3.05) is 13.6 Å². The summed E-state index contributed by atoms with van der Waals surface area (Å²) in [5.41, 5.74) is 0. The highest BCUT2D eigenvalue weighted by Crippen LogP contribution is 1.98. The Morgan fingerprint density at radius 1 is 1.18 bits per heavy atom. The van der Waals surface area contributed by atoms with Gasteiger partial charge in [-0.3, -0.25) is 18.9 Å². The van der Waals surface area contributed by atoms with E-state index in [1.165, 1.54) is 7.05 Å². The fourth-order valence-electron chi connectivity index (χ4n) is 0.964. The highest BCUT2D eigenvalue weighted by Gasteiger charge is 2.34. The van der Waals surface area contributed by atoms with Gasteiger partial charge in [-0.1, -0.05) is 0 Å². The van der Waals surface area contributed by atoms with E-state index in [1.807, 2.05) is 5.32 Å². The molecule has 1 atom stereocenters. The molecule has 0 spiro atoms. The SMILES string of the molecule is CCNC(=O)C(C(=O)NC)C(=O)NS(=O)(=O)O. The van der Waals surface area contributed by atoms with E-state index in [0.29, 0.717) is 0 Å². The summed E-state index contributed by atoms with van der Waals surface area (Å²) in [6.45, 7) is 1.71. The van der Waals surface area contributed by atoms with Crippen LogP contribution >= 0.6 is 0 Å². The Labute approximate surface area is 97.8 Å². The summed E-state index contributed by atoms with van der Waals surface area (Å²) in [6.07, 6.45) is 0. The van der Waals surface area contributed by atoms with Gasteiger partial charge in [0.05, 0.1) is 0 Å². The Hall–Kier alpha value is -1.68. The summed E-state index contributed by atoms with van der Waals surface area (Å²) in [7, 11) is -3.64. The van der Waals surface area contributed by atoms with E-state index in [4.69, 9.17) is 4.55 Å². The number of carbonyl (C=O) groups excluding carboxylic acids is 3. The topological polar surface area (TPSA) is 142 Å². The lowest BCUT2D eigenvalue weighted by Gasteiger charge is -2.13. The van der Waals surface area contributed by atoms with Gasteiger partial charge in [0.25, 0.3) is 5.91 Å². The molecule has 0 rings (SSSR count). The summed E-state index contributed by atoms with van der Waals surface area (Å²) in [5, 5.41) is 4.22. The van der Waals surface area contributed by atoms with Crippen molar-refractivity contribution in [1.82, 2.24) is 15.4 Å². The van der Waals surface area contributed by atoms with Crippen LogP contribution in [0.3, 0.4) is 0 Å². The van der Waals surface area contributed by atoms with Crippen LogP contribution in [0.5, 0.6) is 0 Å². The second-order valence-electron chi connectivity index (χ2n) is 2.88. The second kappa shape index (κ2) is 6.15. The average Bonchev–Trinajstić information content (AvgIpc) is 2.15. The third kappa shape index (κ3) is 5.26. The van der Waals surface area contributed by atoms with Gasteiger partial charge in [0.2, 0.25) is 11.8 Å². The molecular formula is C7H13N3O6S. The number of hydrogen-bond donors (Lipinski definition) is 4. The first kappa shape index (κ1) is 15.3. The molecule has 3 amide bonds. The maximum absolute atomic E-state index is 11.4. The predicted molar refractivity (Wildman–Crippen MR) is 55.9 cm³/mol. The van der Waals surface area contributed by atoms with Crippen molar-refractivity contribution in [2.45, 2.75) is 6.92 Å². The zero-order chi connectivity index (χ0) is 13.6. The van der Waals surface area contributed by atoms with Gasteiger partial charge >= 0.3 is 10.3 Å². The Morgan fingerprint density at radius 2 is 1.71 bits per heavy atom. The molecular weight excluding hydrogens is 254 g/mol. The van der Waals surface area contributed by atoms with Crippen molar-refractivity contribution >= 4 is 28.0 Å². The summed E-state index contributed by atoms with van der Waals surface area (Å²) in [4.78, 5) is 33.9. The Balaban J connectivity index is 5.00. The highest BCUT2D eigenvalue weighted by atomic mass is 32.2. The van der Waals surface area contributed by atoms with E-state index in [9.17, 15) is 22.8 Å². The maximum Gasteiger partial charge on any atom is 0.359 e. The third-order valence-corrected chi connectivity index (χ3v) is 2.07. The lowest BCUT2D eigenvalue weighted by atomic mass is 10.1. The molecule has 0 fully saturated rings. The monoisotopic (exact) mass is 267 g/mol. The molecule has 10 heteroatoms. The standard InChI is InChI=1S/C7H13N3O6S/c1-3-9-6(12)4(5(11)8-2)7(13)10-17(14,15)16/h4H,3H2,1-2H3,(H,8,11)(H,9,12)(H,10,13)(H,14,15,16). The molecule has 0 aliphatic rings. The van der Waals surface area contributed by atoms with Gasteiger partial charge in [0.1, 0.15) is 0 Å². The van der Waals surface area contributed by atoms with Gasteiger partial charge in [-0.2, -0.15) is 8.42 Å². The molecule has 0 saturated carbocycles. The molecule has 1 unspecified atom stereocenters. The van der Waals surface area contributed by atoms with Crippen molar-refractivity contribution in [3.8, 4) is 0 Å². The Kier molecular flexibility index (Phi) is 5.55. The van der Waals surface area contributed by atoms with E-state index in [1.54, 1.807) is 6.92 Å². The molecule has 17 heavy (non-hydrogen) atoms. The molecule has 0 bridgehead atoms. The quantitative estimate of drug-likeness (QED) is 0.318. The van der Waals surface area contributed by atoms with Gasteiger partial charge < -0.3 is 10.6 Å². The van der Waals surface area contributed by atoms with Crippen molar-refractivity contribution in [3.05, 3.63) is 0 Å². The smallest absolute Gasteiger partial charge is 0.358 e. The molecule has 0 heterocycles. The lowest BCUT2D eigenvalue weighted by molar-refractivity contribution is -0.141. The molecule has 98 valence electrons. The van der Waals surface area contributed by atoms with Gasteiger partial charge in [-0.25, -0.2) is 4.72 Å². The second-order valence-corrected chi connectivity index (χ2v) is 4.04. The summed E-state index contributed by atoms with van der Waals surface area (Å²) >= 11 is 0. The molecule has 4 N–H and O–H groups in total. The van der Waals surface area contributed by atoms with E-state index < -0.39 is 33.9 Å². The van der Waals surface area contributed by atoms with E-state index in [0.717, 1.165) is 4.72 Å². The van der Waals surface area contributed by atoms with Gasteiger partial charge in [-0.15, -0.1) is 0 Å². The minimum absolute atomic E-state index is 0.158. The van der Waals surface area contributed by atoms with Gasteiger partial charge in [-0.05, 0) is 6.92 Å². The Morgan fingerprint density at radius 3 is 2.06 bits per heavy atom. The van der Waals surface area contributed by atoms with Crippen LogP contribution in [0.15, 0.2) is 0 Å². The van der Waals surface area contributed by atoms with Crippen LogP contribution in [-0.4, -0.2) is 44.3 Å². The van der Waals surface area contributed by atoms with Gasteiger partial charge in [0, 0.05) is 13.6 Å². The first-order valence-corrected chi connectivity index (χ1v) is 5.95. The number of carbonyl (C=O) groups is 3. The van der Waals surface area contributed by atoms with Crippen LogP contribution in [0, 0.1) is 5.92 Å². The minimum atomic E-state index is -4.82. The van der Waals surface area contributed by atoms with Crippen LogP contribution in [0.2, 0.25) is 0 Å². The molecule has 9 nitrogen and oxygen atoms in total. The number of hydrogen-bond acceptors (Lipinski definition) is 5. The van der Waals surface area contributed by atoms with Crippen molar-refractivity contribution in [1.29, 1.82) is 0 Å². The first-order valence-electron chi connectivity index (χ1n) is 4.51. The molecule has 0 saturated heterocycles. The summed E-state index contributed by atoms with van der Waals surface area (Å²) in [6, 6.07) is 0. The molecule has 0 aromatic carbocycles. The fraction of sp³-hybridized carbons (Fsp3) is 0.571. The zero-order valence-corrected chi connectivity index (χ0v) is 10.00. The van der Waals surface area contributed by atoms with Crippen molar-refractivity contribution in [3.63, 3.8) is 0 Å². The summed E-state index contributed by atoms with van der Waals surface area (Å²) < 4.78 is 30.3. The summed E-state index contributed by atoms with van der Waals surface area (Å²) in [5.74, 6) is -5.27. The normalized spacial score (nSPS) is 12.4. The maximum atomic E-state index is 11.4. The molecule has 0 aromatic rings. The third-order valence-electron chi connectivity index (χ3n) is 1.61. The van der Waals surface area contributed by atoms with E-state index in [-0.39, 0.29) is 6.54 Å². The van der Waals surface area contributed by atoms with Gasteiger partial charge in [0.15, 0.2) is 5.92 Å². The number of nitrogens with one attached hydrogen (secondary N) is 3. The molecule has 0 radical (unpaired) electrons.